The van der Waals surface area contributed by atoms with Crippen LogP contribution in [0.2, 0.25) is 0 Å². The molecule has 1 N–H and O–H groups in total. The topological polar surface area (TPSA) is 160 Å². The lowest BCUT2D eigenvalue weighted by Gasteiger charge is -2.05. The Kier molecular flexibility index (Phi) is 7.44. The first-order valence-corrected chi connectivity index (χ1v) is 11.3. The number of carboxylic acids is 1. The van der Waals surface area contributed by atoms with E-state index in [2.05, 4.69) is 10.2 Å². The number of methoxy groups -OCH3 is 3. The molecule has 2 aromatic carbocycles. The van der Waals surface area contributed by atoms with Gasteiger partial charge in [-0.3, -0.25) is 10.1 Å². The van der Waals surface area contributed by atoms with Gasteiger partial charge in [0, 0.05) is 17.7 Å². The Morgan fingerprint density at radius 2 is 1.68 bits per heavy atom. The monoisotopic (exact) mass is 525 g/mol. The van der Waals surface area contributed by atoms with Gasteiger partial charge in [0.05, 0.1) is 37.9 Å². The lowest BCUT2D eigenvalue weighted by atomic mass is 10.1. The van der Waals surface area contributed by atoms with E-state index in [-0.39, 0.29) is 38.8 Å². The Morgan fingerprint density at radius 3 is 2.30 bits per heavy atom. The number of nitrogens with zero attached hydrogens (tertiary/aromatic N) is 3. The average Bonchev–Trinajstić information content (AvgIpc) is 3.57. The highest BCUT2D eigenvalue weighted by Gasteiger charge is 2.21. The van der Waals surface area contributed by atoms with Crippen molar-refractivity contribution in [3.05, 3.63) is 69.3 Å². The van der Waals surface area contributed by atoms with Crippen LogP contribution in [0.1, 0.15) is 5.76 Å². The molecule has 0 aliphatic rings. The van der Waals surface area contributed by atoms with Crippen LogP contribution in [0.25, 0.3) is 28.9 Å². The van der Waals surface area contributed by atoms with E-state index in [1.165, 1.54) is 51.7 Å². The molecule has 0 saturated heterocycles. The molecule has 0 aliphatic carbocycles. The van der Waals surface area contributed by atoms with E-state index in [4.69, 9.17) is 23.0 Å². The summed E-state index contributed by atoms with van der Waals surface area (Å²) in [5.41, 5.74) is 0.517. The molecule has 2 heterocycles. The molecule has 190 valence electrons. The van der Waals surface area contributed by atoms with Crippen LogP contribution in [0.4, 0.5) is 5.69 Å². The molecule has 2 aromatic heterocycles. The Bertz CT molecular complexity index is 1470. The summed E-state index contributed by atoms with van der Waals surface area (Å²) in [6.07, 6.45) is 1.25. The average molecular weight is 525 g/mol. The second-order valence-corrected chi connectivity index (χ2v) is 8.23. The third-order valence-electron chi connectivity index (χ3n) is 4.98. The molecule has 4 rings (SSSR count). The van der Waals surface area contributed by atoms with Crippen molar-refractivity contribution in [3.8, 4) is 40.0 Å². The number of nitro benzene ring substituents is 1. The van der Waals surface area contributed by atoms with Crippen LogP contribution in [0.15, 0.2) is 67.5 Å². The van der Waals surface area contributed by atoms with Crippen molar-refractivity contribution in [1.82, 2.24) is 10.2 Å². The maximum absolute atomic E-state index is 11.9. The van der Waals surface area contributed by atoms with Gasteiger partial charge in [-0.1, -0.05) is 0 Å². The number of hydrogen-bond donors (Lipinski definition) is 1. The van der Waals surface area contributed by atoms with E-state index < -0.39 is 10.9 Å². The van der Waals surface area contributed by atoms with E-state index in [9.17, 15) is 20.0 Å². The van der Waals surface area contributed by atoms with Crippen LogP contribution >= 0.6 is 11.8 Å². The summed E-state index contributed by atoms with van der Waals surface area (Å²) in [5.74, 6) is 0.553. The van der Waals surface area contributed by atoms with Crippen molar-refractivity contribution >= 4 is 29.5 Å². The zero-order valence-corrected chi connectivity index (χ0v) is 20.5. The zero-order valence-electron chi connectivity index (χ0n) is 19.7. The molecule has 12 nitrogen and oxygen atoms in total. The maximum atomic E-state index is 11.9. The van der Waals surface area contributed by atoms with Crippen molar-refractivity contribution in [1.29, 1.82) is 0 Å². The molecule has 0 aliphatic heterocycles. The maximum Gasteiger partial charge on any atom is 0.342 e. The number of carboxylic acid groups (broad SMARTS) is 1. The lowest BCUT2D eigenvalue weighted by molar-refractivity contribution is -0.384. The number of furan rings is 1. The first-order valence-electron chi connectivity index (χ1n) is 10.4. The predicted octanol–water partition coefficient (Wildman–Crippen LogP) is 5.15. The molecule has 0 atom stereocenters. The van der Waals surface area contributed by atoms with Gasteiger partial charge in [0.1, 0.15) is 33.7 Å². The lowest BCUT2D eigenvalue weighted by Crippen LogP contribution is -1.96. The summed E-state index contributed by atoms with van der Waals surface area (Å²) < 4.78 is 26.8. The standard InChI is InChI=1S/C24H19N3O9S/c1-32-14-4-6-18(19(11-14)27(30)31)20-7-5-15(35-20)12-21(23(28)29)37-24-26-25-22(36-24)13-8-16(33-2)10-17(9-13)34-3/h4-12H,1-3H3,(H,28,29)/b21-12-. The molecule has 0 unspecified atom stereocenters. The minimum Gasteiger partial charge on any atom is -0.497 e. The Hall–Kier alpha value is -4.78. The van der Waals surface area contributed by atoms with E-state index >= 15 is 0 Å². The first-order chi connectivity index (χ1) is 17.8. The van der Waals surface area contributed by atoms with Crippen molar-refractivity contribution in [2.24, 2.45) is 0 Å². The minimum absolute atomic E-state index is 0.0250. The fourth-order valence-electron chi connectivity index (χ4n) is 3.23. The van der Waals surface area contributed by atoms with Crippen molar-refractivity contribution in [3.63, 3.8) is 0 Å². The largest absolute Gasteiger partial charge is 0.497 e. The fraction of sp³-hybridized carbons (Fsp3) is 0.125. The Morgan fingerprint density at radius 1 is 0.973 bits per heavy atom. The van der Waals surface area contributed by atoms with Gasteiger partial charge in [0.2, 0.25) is 5.89 Å². The highest BCUT2D eigenvalue weighted by molar-refractivity contribution is 8.03. The van der Waals surface area contributed by atoms with Gasteiger partial charge in [0.15, 0.2) is 0 Å². The third kappa shape index (κ3) is 5.73. The summed E-state index contributed by atoms with van der Waals surface area (Å²) >= 11 is 0.719. The number of aromatic nitrogens is 2. The van der Waals surface area contributed by atoms with Crippen LogP contribution in [0.3, 0.4) is 0 Å². The van der Waals surface area contributed by atoms with Crippen LogP contribution in [0, 0.1) is 10.1 Å². The van der Waals surface area contributed by atoms with Gasteiger partial charge in [-0.25, -0.2) is 4.79 Å². The minimum atomic E-state index is -1.26. The zero-order chi connectivity index (χ0) is 26.5. The smallest absolute Gasteiger partial charge is 0.342 e. The normalized spacial score (nSPS) is 11.3. The summed E-state index contributed by atoms with van der Waals surface area (Å²) in [7, 11) is 4.41. The Labute approximate surface area is 213 Å². The number of ether oxygens (including phenoxy) is 3. The number of thioether (sulfide) groups is 1. The molecule has 4 aromatic rings. The van der Waals surface area contributed by atoms with Gasteiger partial charge >= 0.3 is 5.97 Å². The van der Waals surface area contributed by atoms with Gasteiger partial charge in [-0.05, 0) is 48.2 Å². The van der Waals surface area contributed by atoms with Crippen molar-refractivity contribution in [2.45, 2.75) is 5.22 Å². The molecular formula is C24H19N3O9S. The highest BCUT2D eigenvalue weighted by atomic mass is 32.2. The number of hydrogen-bond acceptors (Lipinski definition) is 11. The van der Waals surface area contributed by atoms with Crippen LogP contribution < -0.4 is 14.2 Å². The van der Waals surface area contributed by atoms with Crippen LogP contribution in [-0.4, -0.2) is 47.5 Å². The molecule has 0 amide bonds. The summed E-state index contributed by atoms with van der Waals surface area (Å²) in [6, 6.07) is 12.3. The molecule has 0 fully saturated rings. The van der Waals surface area contributed by atoms with Gasteiger partial charge in [-0.15, -0.1) is 10.2 Å². The van der Waals surface area contributed by atoms with Gasteiger partial charge in [0.25, 0.3) is 10.9 Å². The van der Waals surface area contributed by atoms with Crippen molar-refractivity contribution in [2.75, 3.05) is 21.3 Å². The van der Waals surface area contributed by atoms with Crippen LogP contribution in [-0.2, 0) is 4.79 Å². The highest BCUT2D eigenvalue weighted by Crippen LogP contribution is 2.36. The second kappa shape index (κ2) is 10.9. The number of aliphatic carboxylic acids is 1. The predicted molar refractivity (Wildman–Crippen MR) is 132 cm³/mol. The summed E-state index contributed by atoms with van der Waals surface area (Å²) in [5, 5.41) is 29.1. The summed E-state index contributed by atoms with van der Waals surface area (Å²) in [4.78, 5) is 22.6. The van der Waals surface area contributed by atoms with Crippen molar-refractivity contribution < 1.29 is 37.9 Å². The van der Waals surface area contributed by atoms with Crippen LogP contribution in [0.5, 0.6) is 17.2 Å². The first kappa shape index (κ1) is 25.3. The summed E-state index contributed by atoms with van der Waals surface area (Å²) in [6.45, 7) is 0. The van der Waals surface area contributed by atoms with E-state index in [0.717, 1.165) is 11.8 Å². The van der Waals surface area contributed by atoms with Gasteiger partial charge in [-0.2, -0.15) is 0 Å². The number of rotatable bonds is 10. The second-order valence-electron chi connectivity index (χ2n) is 7.23. The number of benzene rings is 2. The molecular weight excluding hydrogens is 506 g/mol. The molecule has 37 heavy (non-hydrogen) atoms. The van der Waals surface area contributed by atoms with Gasteiger partial charge < -0.3 is 28.2 Å². The third-order valence-corrected chi connectivity index (χ3v) is 5.83. The van der Waals surface area contributed by atoms with E-state index in [1.807, 2.05) is 0 Å². The Balaban J connectivity index is 1.60. The quantitative estimate of drug-likeness (QED) is 0.126. The fourth-order valence-corrected chi connectivity index (χ4v) is 3.88. The number of nitro groups is 1. The molecule has 0 radical (unpaired) electrons. The van der Waals surface area contributed by atoms with E-state index in [1.54, 1.807) is 24.3 Å². The molecule has 0 bridgehead atoms. The van der Waals surface area contributed by atoms with E-state index in [0.29, 0.717) is 22.8 Å². The molecule has 13 heteroatoms. The molecule has 0 saturated carbocycles. The molecule has 0 spiro atoms. The SMILES string of the molecule is COc1cc(OC)cc(-c2nnc(S/C(=C\c3ccc(-c4ccc(OC)cc4[N+](=O)[O-])o3)C(=O)O)o2)c1. The number of carbonyl (C=O) groups is 1.